The number of hydrogen-bond acceptors (Lipinski definition) is 7. The number of aromatic amines is 1. The Morgan fingerprint density at radius 1 is 1.42 bits per heavy atom. The molecule has 2 aromatic heterocycles. The number of amides is 1. The first-order chi connectivity index (χ1) is 15.0. The normalized spacial score (nSPS) is 15.9. The van der Waals surface area contributed by atoms with Gasteiger partial charge in [-0.15, -0.1) is 0 Å². The summed E-state index contributed by atoms with van der Waals surface area (Å²) >= 11 is 4.96. The van der Waals surface area contributed by atoms with Crippen molar-refractivity contribution in [2.45, 2.75) is 41.9 Å². The van der Waals surface area contributed by atoms with Gasteiger partial charge in [-0.25, -0.2) is 14.8 Å². The molecule has 1 atom stereocenters. The Hall–Kier alpha value is -2.73. The number of benzene rings is 1. The Morgan fingerprint density at radius 2 is 2.19 bits per heavy atom. The van der Waals surface area contributed by atoms with Gasteiger partial charge in [0.1, 0.15) is 5.52 Å². The van der Waals surface area contributed by atoms with Crippen molar-refractivity contribution in [3.05, 3.63) is 28.4 Å². The molecule has 1 aromatic carbocycles. The smallest absolute Gasteiger partial charge is 0.404 e. The maximum absolute atomic E-state index is 11.1. The van der Waals surface area contributed by atoms with Crippen LogP contribution in [0, 0.1) is 11.3 Å². The predicted octanol–water partition coefficient (Wildman–Crippen LogP) is 3.32. The van der Waals surface area contributed by atoms with Crippen LogP contribution >= 0.6 is 27.7 Å². The highest BCUT2D eigenvalue weighted by Gasteiger charge is 2.32. The third-order valence-electron chi connectivity index (χ3n) is 5.31. The quantitative estimate of drug-likeness (QED) is 0.385. The number of aromatic nitrogens is 4. The maximum Gasteiger partial charge on any atom is 0.404 e. The molecule has 0 radical (unpaired) electrons. The summed E-state index contributed by atoms with van der Waals surface area (Å²) in [4.78, 5) is 24.0. The highest BCUT2D eigenvalue weighted by Crippen LogP contribution is 2.42. The van der Waals surface area contributed by atoms with Crippen molar-refractivity contribution in [1.82, 2.24) is 24.8 Å². The number of hydrogen-bond donors (Lipinski definition) is 4. The molecule has 1 unspecified atom stereocenters. The number of carboxylic acid groups (broad SMARTS) is 1. The van der Waals surface area contributed by atoms with Gasteiger partial charge in [-0.3, -0.25) is 5.41 Å². The summed E-state index contributed by atoms with van der Waals surface area (Å²) < 4.78 is 13.6. The molecule has 4 N–H and O–H groups in total. The largest absolute Gasteiger partial charge is 0.465 e. The van der Waals surface area contributed by atoms with Gasteiger partial charge in [0, 0.05) is 22.0 Å². The van der Waals surface area contributed by atoms with E-state index in [1.54, 1.807) is 6.33 Å². The van der Waals surface area contributed by atoms with Crippen LogP contribution in [0.1, 0.15) is 19.3 Å². The zero-order valence-electron chi connectivity index (χ0n) is 16.2. The number of carbonyl (C=O) groups is 1. The van der Waals surface area contributed by atoms with Crippen LogP contribution in [0.2, 0.25) is 0 Å². The second kappa shape index (κ2) is 8.08. The number of ether oxygens (including phenoxy) is 2. The summed E-state index contributed by atoms with van der Waals surface area (Å²) in [6, 6.07) is 3.65. The fraction of sp³-hybridized carbons (Fsp3) is 0.368. The summed E-state index contributed by atoms with van der Waals surface area (Å²) in [6.45, 7) is 0.751. The summed E-state index contributed by atoms with van der Waals surface area (Å²) in [7, 11) is 0. The Balaban J connectivity index is 1.40. The average Bonchev–Trinajstić information content (AvgIpc) is 3.33. The molecule has 12 heteroatoms. The van der Waals surface area contributed by atoms with E-state index >= 15 is 0 Å². The van der Waals surface area contributed by atoms with Crippen molar-refractivity contribution in [2.75, 3.05) is 6.79 Å². The first-order valence-electron chi connectivity index (χ1n) is 9.74. The van der Waals surface area contributed by atoms with Crippen LogP contribution in [0.3, 0.4) is 0 Å². The lowest BCUT2D eigenvalue weighted by atomic mass is 10.1. The summed E-state index contributed by atoms with van der Waals surface area (Å²) in [5.74, 6) is 1.76. The van der Waals surface area contributed by atoms with Crippen molar-refractivity contribution >= 4 is 44.9 Å². The Bertz CT molecular complexity index is 1220. The van der Waals surface area contributed by atoms with Crippen LogP contribution in [0.15, 0.2) is 33.0 Å². The molecule has 0 saturated heterocycles. The fourth-order valence-corrected chi connectivity index (χ4v) is 5.00. The van der Waals surface area contributed by atoms with Gasteiger partial charge >= 0.3 is 6.09 Å². The van der Waals surface area contributed by atoms with E-state index in [0.29, 0.717) is 46.7 Å². The lowest BCUT2D eigenvalue weighted by molar-refractivity contribution is 0.174. The number of aryl methyl sites for hydroxylation is 1. The molecule has 1 aliphatic carbocycles. The molecular weight excluding hydrogens is 488 g/mol. The third kappa shape index (κ3) is 4.22. The monoisotopic (exact) mass is 506 g/mol. The zero-order valence-corrected chi connectivity index (χ0v) is 18.6. The molecule has 5 rings (SSSR count). The van der Waals surface area contributed by atoms with Gasteiger partial charge in [-0.1, -0.05) is 11.8 Å². The molecule has 3 heterocycles. The van der Waals surface area contributed by atoms with Gasteiger partial charge in [-0.2, -0.15) is 0 Å². The van der Waals surface area contributed by atoms with Gasteiger partial charge in [0.15, 0.2) is 27.8 Å². The molecule has 162 valence electrons. The molecule has 0 spiro atoms. The van der Waals surface area contributed by atoms with Crippen molar-refractivity contribution in [3.63, 3.8) is 0 Å². The van der Waals surface area contributed by atoms with E-state index in [9.17, 15) is 4.79 Å². The SMILES string of the molecule is N=c1ncn(CCC(NC(=O)O)C2CC2)c2nc(Sc3cc4c(cc3Br)OCO4)[nH]c12. The summed E-state index contributed by atoms with van der Waals surface area (Å²) in [5, 5.41) is 20.5. The molecule has 1 saturated carbocycles. The molecule has 31 heavy (non-hydrogen) atoms. The second-order valence-corrected chi connectivity index (χ2v) is 9.33. The minimum absolute atomic E-state index is 0.0897. The summed E-state index contributed by atoms with van der Waals surface area (Å²) in [6.07, 6.45) is 3.31. The topological polar surface area (TPSA) is 138 Å². The Morgan fingerprint density at radius 3 is 2.94 bits per heavy atom. The number of nitrogens with zero attached hydrogens (tertiary/aromatic N) is 3. The number of halogens is 1. The van der Waals surface area contributed by atoms with E-state index in [4.69, 9.17) is 20.0 Å². The lowest BCUT2D eigenvalue weighted by Gasteiger charge is -2.17. The Labute approximate surface area is 189 Å². The van der Waals surface area contributed by atoms with Crippen LogP contribution in [0.25, 0.3) is 11.2 Å². The summed E-state index contributed by atoms with van der Waals surface area (Å²) in [5.41, 5.74) is 1.26. The zero-order chi connectivity index (χ0) is 21.5. The average molecular weight is 507 g/mol. The van der Waals surface area contributed by atoms with Gasteiger partial charge in [0.25, 0.3) is 0 Å². The van der Waals surface area contributed by atoms with Crippen LogP contribution in [0.5, 0.6) is 11.5 Å². The number of nitrogens with one attached hydrogen (secondary N) is 3. The standard InChI is InChI=1S/C19H19BrN6O4S/c20-10-5-12-13(30-8-29-12)6-14(10)31-18-24-15-16(21)22-7-26(17(15)25-18)4-3-11(9-1-2-9)23-19(27)28/h5-7,9,11,21,23H,1-4,8H2,(H,24,25)(H,27,28). The van der Waals surface area contributed by atoms with E-state index < -0.39 is 6.09 Å². The minimum Gasteiger partial charge on any atom is -0.465 e. The minimum atomic E-state index is -1.00. The highest BCUT2D eigenvalue weighted by atomic mass is 79.9. The van der Waals surface area contributed by atoms with E-state index in [-0.39, 0.29) is 18.3 Å². The first kappa shape index (κ1) is 20.2. The second-order valence-electron chi connectivity index (χ2n) is 7.45. The molecule has 1 amide bonds. The predicted molar refractivity (Wildman–Crippen MR) is 114 cm³/mol. The maximum atomic E-state index is 11.1. The van der Waals surface area contributed by atoms with Crippen molar-refractivity contribution in [3.8, 4) is 11.5 Å². The van der Waals surface area contributed by atoms with Crippen molar-refractivity contribution in [2.24, 2.45) is 5.92 Å². The number of imidazole rings is 1. The van der Waals surface area contributed by atoms with Crippen LogP contribution in [-0.2, 0) is 6.54 Å². The third-order valence-corrected chi connectivity index (χ3v) is 7.18. The van der Waals surface area contributed by atoms with Crippen LogP contribution in [-0.4, -0.2) is 43.6 Å². The van der Waals surface area contributed by atoms with E-state index in [2.05, 4.69) is 36.2 Å². The first-order valence-corrected chi connectivity index (χ1v) is 11.3. The number of fused-ring (bicyclic) bond motifs is 2. The molecule has 2 aliphatic rings. The van der Waals surface area contributed by atoms with E-state index in [1.165, 1.54) is 11.8 Å². The van der Waals surface area contributed by atoms with Gasteiger partial charge in [0.2, 0.25) is 6.79 Å². The lowest BCUT2D eigenvalue weighted by Crippen LogP contribution is -2.36. The number of rotatable bonds is 7. The van der Waals surface area contributed by atoms with Crippen LogP contribution < -0.4 is 20.3 Å². The molecule has 0 bridgehead atoms. The van der Waals surface area contributed by atoms with Crippen molar-refractivity contribution in [1.29, 1.82) is 5.41 Å². The highest BCUT2D eigenvalue weighted by molar-refractivity contribution is 9.10. The molecular formula is C19H19BrN6O4S. The van der Waals surface area contributed by atoms with E-state index in [0.717, 1.165) is 22.2 Å². The van der Waals surface area contributed by atoms with E-state index in [1.807, 2.05) is 16.7 Å². The van der Waals surface area contributed by atoms with Crippen molar-refractivity contribution < 1.29 is 19.4 Å². The molecule has 1 aliphatic heterocycles. The molecule has 3 aromatic rings. The number of H-pyrrole nitrogens is 1. The van der Waals surface area contributed by atoms with Gasteiger partial charge in [0.05, 0.1) is 6.33 Å². The van der Waals surface area contributed by atoms with Gasteiger partial charge in [-0.05, 0) is 53.2 Å². The van der Waals surface area contributed by atoms with Gasteiger partial charge < -0.3 is 29.4 Å². The van der Waals surface area contributed by atoms with Crippen LogP contribution in [0.4, 0.5) is 4.79 Å². The molecule has 1 fully saturated rings. The fourth-order valence-electron chi connectivity index (χ4n) is 3.62. The Kier molecular flexibility index (Phi) is 5.26. The molecule has 10 nitrogen and oxygen atoms in total.